The zero-order valence-corrected chi connectivity index (χ0v) is 10.7. The highest BCUT2D eigenvalue weighted by Crippen LogP contribution is 2.44. The van der Waals surface area contributed by atoms with Gasteiger partial charge in [0, 0.05) is 21.3 Å². The Morgan fingerprint density at radius 2 is 1.71 bits per heavy atom. The molecular weight excluding hydrogens is 232 g/mol. The van der Waals surface area contributed by atoms with E-state index in [4.69, 9.17) is 0 Å². The predicted octanol–water partition coefficient (Wildman–Crippen LogP) is 2.34. The Kier molecular flexibility index (Phi) is 2.83. The van der Waals surface area contributed by atoms with E-state index < -0.39 is 16.4 Å². The van der Waals surface area contributed by atoms with E-state index in [9.17, 15) is 9.32 Å². The molecule has 92 valence electrons. The van der Waals surface area contributed by atoms with Gasteiger partial charge in [-0.25, -0.2) is 0 Å². The van der Waals surface area contributed by atoms with Gasteiger partial charge in [-0.2, -0.15) is 0 Å². The highest BCUT2D eigenvalue weighted by molar-refractivity contribution is 7.86. The average Bonchev–Trinajstić information content (AvgIpc) is 2.33. The van der Waals surface area contributed by atoms with Crippen molar-refractivity contribution in [2.75, 3.05) is 0 Å². The fourth-order valence-corrected chi connectivity index (χ4v) is 5.49. The lowest BCUT2D eigenvalue weighted by atomic mass is 9.80. The zero-order valence-electron chi connectivity index (χ0n) is 9.84. The molecule has 0 spiro atoms. The lowest BCUT2D eigenvalue weighted by Gasteiger charge is -2.43. The number of aliphatic hydroxyl groups is 1. The van der Waals surface area contributed by atoms with E-state index in [2.05, 4.69) is 0 Å². The van der Waals surface area contributed by atoms with Crippen molar-refractivity contribution in [1.29, 1.82) is 0 Å². The van der Waals surface area contributed by atoms with E-state index in [1.807, 2.05) is 30.3 Å². The summed E-state index contributed by atoms with van der Waals surface area (Å²) in [6, 6.07) is 9.88. The van der Waals surface area contributed by atoms with Crippen LogP contribution in [0.2, 0.25) is 0 Å². The SMILES string of the molecule is O=S1C2CCCC1CC(O)(c1ccccc1)C2. The molecule has 2 atom stereocenters. The van der Waals surface area contributed by atoms with E-state index in [1.54, 1.807) is 0 Å². The molecule has 0 aromatic heterocycles. The van der Waals surface area contributed by atoms with Crippen LogP contribution in [0.15, 0.2) is 30.3 Å². The Morgan fingerprint density at radius 3 is 2.29 bits per heavy atom. The van der Waals surface area contributed by atoms with Gasteiger partial charge in [-0.1, -0.05) is 36.8 Å². The Hall–Kier alpha value is -0.670. The summed E-state index contributed by atoms with van der Waals surface area (Å²) in [5.74, 6) is 0. The molecule has 0 aliphatic carbocycles. The van der Waals surface area contributed by atoms with E-state index in [-0.39, 0.29) is 10.5 Å². The van der Waals surface area contributed by atoms with E-state index in [0.29, 0.717) is 12.8 Å². The summed E-state index contributed by atoms with van der Waals surface area (Å²) >= 11 is 0. The first-order valence-electron chi connectivity index (χ1n) is 6.36. The van der Waals surface area contributed by atoms with Crippen LogP contribution in [0.4, 0.5) is 0 Å². The molecule has 2 aliphatic heterocycles. The molecule has 0 amide bonds. The van der Waals surface area contributed by atoms with Crippen LogP contribution in [0, 0.1) is 0 Å². The van der Waals surface area contributed by atoms with Gasteiger partial charge < -0.3 is 5.11 Å². The van der Waals surface area contributed by atoms with Crippen molar-refractivity contribution in [3.63, 3.8) is 0 Å². The first-order valence-corrected chi connectivity index (χ1v) is 7.64. The smallest absolute Gasteiger partial charge is 0.0919 e. The lowest BCUT2D eigenvalue weighted by Crippen LogP contribution is -2.47. The average molecular weight is 250 g/mol. The van der Waals surface area contributed by atoms with Crippen LogP contribution in [-0.4, -0.2) is 19.8 Å². The second-order valence-corrected chi connectivity index (χ2v) is 7.30. The van der Waals surface area contributed by atoms with Gasteiger partial charge in [0.15, 0.2) is 0 Å². The Labute approximate surface area is 105 Å². The topological polar surface area (TPSA) is 37.3 Å². The molecule has 2 unspecified atom stereocenters. The molecule has 0 radical (unpaired) electrons. The molecule has 3 heteroatoms. The van der Waals surface area contributed by atoms with Crippen LogP contribution in [0.5, 0.6) is 0 Å². The van der Waals surface area contributed by atoms with Crippen molar-refractivity contribution in [2.45, 2.75) is 48.2 Å². The standard InChI is InChI=1S/C14H18O2S/c15-14(11-5-2-1-3-6-11)9-12-7-4-8-13(10-14)17(12)16/h1-3,5-6,12-13,15H,4,7-10H2. The Balaban J connectivity index is 1.92. The second-order valence-electron chi connectivity index (χ2n) is 5.31. The molecule has 1 aromatic rings. The first kappa shape index (κ1) is 11.4. The van der Waals surface area contributed by atoms with Crippen molar-refractivity contribution in [1.82, 2.24) is 0 Å². The minimum Gasteiger partial charge on any atom is -0.385 e. The highest BCUT2D eigenvalue weighted by Gasteiger charge is 2.46. The van der Waals surface area contributed by atoms with Crippen LogP contribution in [0.1, 0.15) is 37.7 Å². The summed E-state index contributed by atoms with van der Waals surface area (Å²) in [5.41, 5.74) is 0.249. The van der Waals surface area contributed by atoms with E-state index >= 15 is 0 Å². The summed E-state index contributed by atoms with van der Waals surface area (Å²) in [4.78, 5) is 0. The molecule has 1 aromatic carbocycles. The van der Waals surface area contributed by atoms with Gasteiger partial charge in [0.1, 0.15) is 0 Å². The van der Waals surface area contributed by atoms with Crippen LogP contribution >= 0.6 is 0 Å². The van der Waals surface area contributed by atoms with Crippen molar-refractivity contribution in [2.24, 2.45) is 0 Å². The minimum absolute atomic E-state index is 0.202. The van der Waals surface area contributed by atoms with Crippen LogP contribution < -0.4 is 0 Å². The number of hydrogen-bond donors (Lipinski definition) is 1. The number of hydrogen-bond acceptors (Lipinski definition) is 2. The Morgan fingerprint density at radius 1 is 1.12 bits per heavy atom. The normalized spacial score (nSPS) is 41.1. The van der Waals surface area contributed by atoms with Gasteiger partial charge in [-0.3, -0.25) is 4.21 Å². The monoisotopic (exact) mass is 250 g/mol. The van der Waals surface area contributed by atoms with E-state index in [1.165, 1.54) is 6.42 Å². The third-order valence-corrected chi connectivity index (χ3v) is 6.27. The molecule has 17 heavy (non-hydrogen) atoms. The van der Waals surface area contributed by atoms with Gasteiger partial charge in [-0.05, 0) is 31.2 Å². The van der Waals surface area contributed by atoms with Crippen LogP contribution in [-0.2, 0) is 16.4 Å². The van der Waals surface area contributed by atoms with Gasteiger partial charge >= 0.3 is 0 Å². The van der Waals surface area contributed by atoms with Crippen molar-refractivity contribution >= 4 is 10.8 Å². The van der Waals surface area contributed by atoms with Crippen LogP contribution in [0.3, 0.4) is 0 Å². The minimum atomic E-state index is -0.745. The molecule has 3 rings (SSSR count). The summed E-state index contributed by atoms with van der Waals surface area (Å²) < 4.78 is 12.1. The Bertz CT molecular complexity index is 413. The van der Waals surface area contributed by atoms with Gasteiger partial charge in [-0.15, -0.1) is 0 Å². The van der Waals surface area contributed by atoms with E-state index in [0.717, 1.165) is 18.4 Å². The highest BCUT2D eigenvalue weighted by atomic mass is 32.2. The summed E-state index contributed by atoms with van der Waals surface area (Å²) in [5, 5.41) is 11.2. The molecule has 2 saturated heterocycles. The largest absolute Gasteiger partial charge is 0.385 e. The molecule has 2 heterocycles. The maximum atomic E-state index is 12.1. The molecular formula is C14H18O2S. The summed E-state index contributed by atoms with van der Waals surface area (Å²) in [6.45, 7) is 0. The van der Waals surface area contributed by atoms with Crippen molar-refractivity contribution in [3.05, 3.63) is 35.9 Å². The number of rotatable bonds is 1. The molecule has 2 fully saturated rings. The molecule has 2 aliphatic rings. The summed E-state index contributed by atoms with van der Waals surface area (Å²) in [6.07, 6.45) is 4.53. The number of benzene rings is 1. The zero-order chi connectivity index (χ0) is 11.9. The molecule has 2 bridgehead atoms. The lowest BCUT2D eigenvalue weighted by molar-refractivity contribution is 0.00654. The summed E-state index contributed by atoms with van der Waals surface area (Å²) in [7, 11) is -0.716. The molecule has 1 N–H and O–H groups in total. The van der Waals surface area contributed by atoms with Gasteiger partial charge in [0.25, 0.3) is 0 Å². The van der Waals surface area contributed by atoms with Crippen molar-refractivity contribution < 1.29 is 9.32 Å². The fraction of sp³-hybridized carbons (Fsp3) is 0.571. The first-order chi connectivity index (χ1) is 8.19. The third-order valence-electron chi connectivity index (χ3n) is 4.15. The quantitative estimate of drug-likeness (QED) is 0.830. The third kappa shape index (κ3) is 1.95. The number of fused-ring (bicyclic) bond motifs is 2. The van der Waals surface area contributed by atoms with Crippen LogP contribution in [0.25, 0.3) is 0 Å². The van der Waals surface area contributed by atoms with Gasteiger partial charge in [0.2, 0.25) is 0 Å². The maximum absolute atomic E-state index is 12.1. The van der Waals surface area contributed by atoms with Crippen molar-refractivity contribution in [3.8, 4) is 0 Å². The second kappa shape index (κ2) is 4.21. The molecule has 0 saturated carbocycles. The predicted molar refractivity (Wildman–Crippen MR) is 69.1 cm³/mol. The molecule has 2 nitrogen and oxygen atoms in total. The van der Waals surface area contributed by atoms with Gasteiger partial charge in [0.05, 0.1) is 5.60 Å². The maximum Gasteiger partial charge on any atom is 0.0919 e. The fourth-order valence-electron chi connectivity index (χ4n) is 3.27.